The van der Waals surface area contributed by atoms with Crippen molar-refractivity contribution >= 4 is 16.9 Å². The molecular formula is C14H14FN3O2. The van der Waals surface area contributed by atoms with Crippen LogP contribution in [0, 0.1) is 0 Å². The first-order valence-electron chi connectivity index (χ1n) is 6.91. The minimum atomic E-state index is -0.765. The third-order valence-corrected chi connectivity index (χ3v) is 4.41. The van der Waals surface area contributed by atoms with Gasteiger partial charge in [0.15, 0.2) is 0 Å². The maximum atomic E-state index is 13.6. The summed E-state index contributed by atoms with van der Waals surface area (Å²) < 4.78 is 18.2. The van der Waals surface area contributed by atoms with Crippen LogP contribution < -0.4 is 0 Å². The van der Waals surface area contributed by atoms with E-state index in [1.54, 1.807) is 18.2 Å². The summed E-state index contributed by atoms with van der Waals surface area (Å²) in [6, 6.07) is 5.23. The van der Waals surface area contributed by atoms with Gasteiger partial charge in [0, 0.05) is 17.6 Å². The highest BCUT2D eigenvalue weighted by Crippen LogP contribution is 2.38. The summed E-state index contributed by atoms with van der Waals surface area (Å²) in [4.78, 5) is 14.5. The van der Waals surface area contributed by atoms with Gasteiger partial charge >= 0.3 is 0 Å². The van der Waals surface area contributed by atoms with Crippen LogP contribution in [-0.4, -0.2) is 39.4 Å². The predicted octanol–water partition coefficient (Wildman–Crippen LogP) is 2.33. The van der Waals surface area contributed by atoms with E-state index in [2.05, 4.69) is 14.9 Å². The number of hydrogen-bond acceptors (Lipinski definition) is 4. The zero-order chi connectivity index (χ0) is 13.7. The van der Waals surface area contributed by atoms with E-state index in [0.29, 0.717) is 29.4 Å². The Bertz CT molecular complexity index is 657. The molecule has 104 valence electrons. The lowest BCUT2D eigenvalue weighted by molar-refractivity contribution is 0.0479. The van der Waals surface area contributed by atoms with E-state index >= 15 is 0 Å². The van der Waals surface area contributed by atoms with Crippen LogP contribution in [0.4, 0.5) is 4.39 Å². The topological polar surface area (TPSA) is 59.2 Å². The quantitative estimate of drug-likeness (QED) is 0.801. The molecule has 2 fully saturated rings. The molecule has 2 bridgehead atoms. The molecule has 20 heavy (non-hydrogen) atoms. The lowest BCUT2D eigenvalue weighted by atomic mass is 9.99. The maximum absolute atomic E-state index is 13.6. The van der Waals surface area contributed by atoms with Gasteiger partial charge in [0.05, 0.1) is 0 Å². The van der Waals surface area contributed by atoms with E-state index in [1.807, 2.05) is 4.90 Å². The third kappa shape index (κ3) is 1.71. The van der Waals surface area contributed by atoms with Gasteiger partial charge in [0.2, 0.25) is 0 Å². The number of piperidine rings is 1. The average molecular weight is 275 g/mol. The van der Waals surface area contributed by atoms with Crippen LogP contribution >= 0.6 is 0 Å². The van der Waals surface area contributed by atoms with Crippen LogP contribution in [0.1, 0.15) is 36.0 Å². The first-order valence-corrected chi connectivity index (χ1v) is 6.91. The van der Waals surface area contributed by atoms with Crippen LogP contribution in [-0.2, 0) is 0 Å². The van der Waals surface area contributed by atoms with Gasteiger partial charge in [0.25, 0.3) is 5.91 Å². The van der Waals surface area contributed by atoms with Gasteiger partial charge in [-0.3, -0.25) is 4.79 Å². The Morgan fingerprint density at radius 3 is 2.65 bits per heavy atom. The molecule has 2 saturated heterocycles. The number of hydrogen-bond donors (Lipinski definition) is 0. The smallest absolute Gasteiger partial charge is 0.254 e. The molecule has 4 rings (SSSR count). The molecule has 2 atom stereocenters. The monoisotopic (exact) mass is 275 g/mol. The van der Waals surface area contributed by atoms with Crippen LogP contribution in [0.15, 0.2) is 22.8 Å². The second kappa shape index (κ2) is 4.26. The van der Waals surface area contributed by atoms with Gasteiger partial charge in [-0.15, -0.1) is 0 Å². The minimum absolute atomic E-state index is 0.0331. The van der Waals surface area contributed by atoms with E-state index in [9.17, 15) is 9.18 Å². The van der Waals surface area contributed by atoms with E-state index in [0.717, 1.165) is 12.8 Å². The Morgan fingerprint density at radius 2 is 1.90 bits per heavy atom. The molecule has 2 aliphatic rings. The number of halogens is 1. The minimum Gasteiger partial charge on any atom is -0.332 e. The zero-order valence-electron chi connectivity index (χ0n) is 10.8. The summed E-state index contributed by atoms with van der Waals surface area (Å²) in [6.07, 6.45) is 1.99. The largest absolute Gasteiger partial charge is 0.332 e. The number of carbonyl (C=O) groups is 1. The molecule has 3 heterocycles. The van der Waals surface area contributed by atoms with Crippen LogP contribution in [0.5, 0.6) is 0 Å². The van der Waals surface area contributed by atoms with E-state index in [1.165, 1.54) is 0 Å². The Kier molecular flexibility index (Phi) is 2.52. The summed E-state index contributed by atoms with van der Waals surface area (Å²) in [5, 5.41) is 7.48. The van der Waals surface area contributed by atoms with Gasteiger partial charge in [0.1, 0.15) is 17.2 Å². The number of rotatable bonds is 1. The Morgan fingerprint density at radius 1 is 1.20 bits per heavy atom. The highest BCUT2D eigenvalue weighted by Gasteiger charge is 2.43. The second-order valence-corrected chi connectivity index (χ2v) is 5.63. The highest BCUT2D eigenvalue weighted by molar-refractivity contribution is 5.97. The molecule has 0 aliphatic carbocycles. The van der Waals surface area contributed by atoms with Crippen molar-refractivity contribution in [2.45, 2.75) is 43.9 Å². The number of benzene rings is 1. The van der Waals surface area contributed by atoms with Crippen molar-refractivity contribution < 1.29 is 13.8 Å². The summed E-state index contributed by atoms with van der Waals surface area (Å²) >= 11 is 0. The van der Waals surface area contributed by atoms with Gasteiger partial charge in [-0.05, 0) is 54.2 Å². The highest BCUT2D eigenvalue weighted by atomic mass is 19.1. The fourth-order valence-electron chi connectivity index (χ4n) is 3.51. The number of amides is 1. The molecule has 2 aromatic rings. The van der Waals surface area contributed by atoms with Crippen LogP contribution in [0.3, 0.4) is 0 Å². The molecule has 2 unspecified atom stereocenters. The van der Waals surface area contributed by atoms with Crippen LogP contribution in [0.2, 0.25) is 0 Å². The van der Waals surface area contributed by atoms with Gasteiger partial charge < -0.3 is 4.90 Å². The van der Waals surface area contributed by atoms with Crippen molar-refractivity contribution in [3.05, 3.63) is 23.8 Å². The van der Waals surface area contributed by atoms with Crippen LogP contribution in [0.25, 0.3) is 11.0 Å². The summed E-state index contributed by atoms with van der Waals surface area (Å²) in [6.45, 7) is 0. The first-order chi connectivity index (χ1) is 9.72. The molecule has 0 saturated carbocycles. The fourth-order valence-corrected chi connectivity index (χ4v) is 3.51. The number of carbonyl (C=O) groups excluding carboxylic acids is 1. The zero-order valence-corrected chi connectivity index (χ0v) is 10.8. The molecule has 0 N–H and O–H groups in total. The van der Waals surface area contributed by atoms with Crippen molar-refractivity contribution in [1.29, 1.82) is 0 Å². The van der Waals surface area contributed by atoms with E-state index in [-0.39, 0.29) is 18.0 Å². The van der Waals surface area contributed by atoms with Crippen molar-refractivity contribution in [3.63, 3.8) is 0 Å². The Balaban J connectivity index is 1.66. The average Bonchev–Trinajstić information content (AvgIpc) is 3.00. The van der Waals surface area contributed by atoms with Gasteiger partial charge in [-0.2, -0.15) is 0 Å². The lowest BCUT2D eigenvalue weighted by Crippen LogP contribution is -2.47. The normalized spacial score (nSPS) is 29.1. The molecule has 2 aliphatic heterocycles. The maximum Gasteiger partial charge on any atom is 0.254 e. The molecule has 1 amide bonds. The fraction of sp³-hybridized carbons (Fsp3) is 0.500. The number of fused-ring (bicyclic) bond motifs is 3. The van der Waals surface area contributed by atoms with Crippen molar-refractivity contribution in [2.75, 3.05) is 0 Å². The molecule has 1 aromatic carbocycles. The molecular weight excluding hydrogens is 261 g/mol. The summed E-state index contributed by atoms with van der Waals surface area (Å²) in [5.41, 5.74) is 1.78. The molecule has 5 nitrogen and oxygen atoms in total. The molecule has 0 radical (unpaired) electrons. The van der Waals surface area contributed by atoms with E-state index in [4.69, 9.17) is 0 Å². The molecule has 6 heteroatoms. The van der Waals surface area contributed by atoms with Crippen molar-refractivity contribution in [3.8, 4) is 0 Å². The van der Waals surface area contributed by atoms with Crippen molar-refractivity contribution in [1.82, 2.24) is 15.2 Å². The summed E-state index contributed by atoms with van der Waals surface area (Å²) in [5.74, 6) is -0.0331. The van der Waals surface area contributed by atoms with Gasteiger partial charge in [-0.1, -0.05) is 0 Å². The third-order valence-electron chi connectivity index (χ3n) is 4.41. The second-order valence-electron chi connectivity index (χ2n) is 5.63. The lowest BCUT2D eigenvalue weighted by Gasteiger charge is -2.36. The van der Waals surface area contributed by atoms with E-state index < -0.39 is 6.17 Å². The standard InChI is InChI=1S/C14H14FN3O2/c15-9-6-10-2-3-11(7-9)18(10)14(19)8-1-4-12-13(5-8)17-20-16-12/h1,4-5,9-11H,2-3,6-7H2. The van der Waals surface area contributed by atoms with Crippen molar-refractivity contribution in [2.24, 2.45) is 0 Å². The Hall–Kier alpha value is -1.98. The van der Waals surface area contributed by atoms with Gasteiger partial charge in [-0.25, -0.2) is 9.02 Å². The predicted molar refractivity (Wildman–Crippen MR) is 68.9 cm³/mol. The summed E-state index contributed by atoms with van der Waals surface area (Å²) in [7, 11) is 0. The first kappa shape index (κ1) is 11.8. The SMILES string of the molecule is O=C(c1ccc2nonc2c1)N1C2CCC1CC(F)C2. The Labute approximate surface area is 114 Å². The number of aromatic nitrogens is 2. The molecule has 1 aromatic heterocycles. The number of nitrogens with zero attached hydrogens (tertiary/aromatic N) is 3. The molecule has 0 spiro atoms. The number of alkyl halides is 1.